The Kier molecular flexibility index (Phi) is 2.41. The van der Waals surface area contributed by atoms with Crippen molar-refractivity contribution in [2.45, 2.75) is 18.8 Å². The standard InChI is InChI=1S/C11H10O4/c12-10(13)5-7-6-11(14)15-9-4-2-1-3-8(7)9/h1-4,7H,5-6H2,(H,12,13)/t7-/m0/s1. The molecule has 0 aromatic heterocycles. The van der Waals surface area contributed by atoms with Crippen molar-refractivity contribution >= 4 is 11.9 Å². The maximum Gasteiger partial charge on any atom is 0.311 e. The summed E-state index contributed by atoms with van der Waals surface area (Å²) in [4.78, 5) is 21.8. The van der Waals surface area contributed by atoms with Crippen LogP contribution in [0.15, 0.2) is 24.3 Å². The third-order valence-electron chi connectivity index (χ3n) is 2.42. The minimum atomic E-state index is -0.899. The van der Waals surface area contributed by atoms with Gasteiger partial charge in [-0.3, -0.25) is 9.59 Å². The molecule has 0 bridgehead atoms. The molecular formula is C11H10O4. The Hall–Kier alpha value is -1.84. The van der Waals surface area contributed by atoms with Gasteiger partial charge in [0.25, 0.3) is 0 Å². The van der Waals surface area contributed by atoms with E-state index >= 15 is 0 Å². The fourth-order valence-corrected chi connectivity index (χ4v) is 1.78. The summed E-state index contributed by atoms with van der Waals surface area (Å²) in [7, 11) is 0. The minimum Gasteiger partial charge on any atom is -0.481 e. The van der Waals surface area contributed by atoms with Gasteiger partial charge in [0.2, 0.25) is 0 Å². The largest absolute Gasteiger partial charge is 0.481 e. The molecule has 4 nitrogen and oxygen atoms in total. The number of carbonyl (C=O) groups is 2. The topological polar surface area (TPSA) is 63.6 Å². The Bertz CT molecular complexity index is 411. The SMILES string of the molecule is O=C(O)C[C@H]1CC(=O)Oc2ccccc21. The monoisotopic (exact) mass is 206 g/mol. The molecule has 1 aliphatic heterocycles. The van der Waals surface area contributed by atoms with Crippen molar-refractivity contribution in [3.05, 3.63) is 29.8 Å². The molecule has 1 aromatic rings. The molecule has 78 valence electrons. The van der Waals surface area contributed by atoms with E-state index in [-0.39, 0.29) is 24.7 Å². The quantitative estimate of drug-likeness (QED) is 0.589. The van der Waals surface area contributed by atoms with Crippen molar-refractivity contribution in [2.75, 3.05) is 0 Å². The summed E-state index contributed by atoms with van der Waals surface area (Å²) in [6.45, 7) is 0. The summed E-state index contributed by atoms with van der Waals surface area (Å²) in [6, 6.07) is 7.05. The third-order valence-corrected chi connectivity index (χ3v) is 2.42. The first kappa shape index (κ1) is 9.71. The molecule has 4 heteroatoms. The van der Waals surface area contributed by atoms with E-state index in [9.17, 15) is 9.59 Å². The predicted molar refractivity (Wildman–Crippen MR) is 51.7 cm³/mol. The second kappa shape index (κ2) is 3.73. The number of fused-ring (bicyclic) bond motifs is 1. The highest BCUT2D eigenvalue weighted by Gasteiger charge is 2.28. The van der Waals surface area contributed by atoms with Gasteiger partial charge in [0.15, 0.2) is 0 Å². The molecule has 0 saturated heterocycles. The van der Waals surface area contributed by atoms with Crippen molar-refractivity contribution < 1.29 is 19.4 Å². The number of benzene rings is 1. The van der Waals surface area contributed by atoms with E-state index in [1.807, 2.05) is 6.07 Å². The molecule has 0 spiro atoms. The smallest absolute Gasteiger partial charge is 0.311 e. The molecule has 1 N–H and O–H groups in total. The van der Waals surface area contributed by atoms with Crippen molar-refractivity contribution in [1.82, 2.24) is 0 Å². The number of hydrogen-bond acceptors (Lipinski definition) is 3. The summed E-state index contributed by atoms with van der Waals surface area (Å²) < 4.78 is 5.01. The number of ether oxygens (including phenoxy) is 1. The van der Waals surface area contributed by atoms with Crippen LogP contribution in [0.1, 0.15) is 24.3 Å². The molecule has 15 heavy (non-hydrogen) atoms. The van der Waals surface area contributed by atoms with Gasteiger partial charge in [-0.2, -0.15) is 0 Å². The van der Waals surface area contributed by atoms with Gasteiger partial charge >= 0.3 is 11.9 Å². The number of aliphatic carboxylic acids is 1. The first-order valence-electron chi connectivity index (χ1n) is 4.68. The van der Waals surface area contributed by atoms with Gasteiger partial charge in [0.1, 0.15) is 5.75 Å². The first-order chi connectivity index (χ1) is 7.16. The maximum absolute atomic E-state index is 11.2. The van der Waals surface area contributed by atoms with Crippen LogP contribution < -0.4 is 4.74 Å². The zero-order valence-corrected chi connectivity index (χ0v) is 7.97. The molecule has 0 amide bonds. The van der Waals surface area contributed by atoms with E-state index in [2.05, 4.69) is 0 Å². The van der Waals surface area contributed by atoms with Crippen LogP contribution in [0.2, 0.25) is 0 Å². The molecule has 0 unspecified atom stereocenters. The van der Waals surface area contributed by atoms with Crippen LogP contribution in [0, 0.1) is 0 Å². The van der Waals surface area contributed by atoms with Gasteiger partial charge in [-0.05, 0) is 11.6 Å². The average Bonchev–Trinajstić information content (AvgIpc) is 2.16. The number of carboxylic acid groups (broad SMARTS) is 1. The number of para-hydroxylation sites is 1. The van der Waals surface area contributed by atoms with Crippen molar-refractivity contribution in [1.29, 1.82) is 0 Å². The van der Waals surface area contributed by atoms with Gasteiger partial charge in [0, 0.05) is 5.92 Å². The van der Waals surface area contributed by atoms with Gasteiger partial charge in [-0.15, -0.1) is 0 Å². The van der Waals surface area contributed by atoms with E-state index in [0.29, 0.717) is 5.75 Å². The van der Waals surface area contributed by atoms with Crippen molar-refractivity contribution in [3.8, 4) is 5.75 Å². The molecular weight excluding hydrogens is 196 g/mol. The molecule has 1 aliphatic rings. The Morgan fingerprint density at radius 3 is 2.93 bits per heavy atom. The Morgan fingerprint density at radius 2 is 2.20 bits per heavy atom. The summed E-state index contributed by atoms with van der Waals surface area (Å²) in [6.07, 6.45) is 0.107. The van der Waals surface area contributed by atoms with Gasteiger partial charge in [-0.1, -0.05) is 18.2 Å². The molecule has 0 saturated carbocycles. The van der Waals surface area contributed by atoms with E-state index < -0.39 is 5.97 Å². The van der Waals surface area contributed by atoms with Crippen LogP contribution in [0.4, 0.5) is 0 Å². The van der Waals surface area contributed by atoms with Gasteiger partial charge < -0.3 is 9.84 Å². The average molecular weight is 206 g/mol. The zero-order chi connectivity index (χ0) is 10.8. The lowest BCUT2D eigenvalue weighted by Gasteiger charge is -2.22. The van der Waals surface area contributed by atoms with Crippen LogP contribution in [-0.2, 0) is 9.59 Å². The second-order valence-corrected chi connectivity index (χ2v) is 3.51. The lowest BCUT2D eigenvalue weighted by atomic mass is 9.90. The minimum absolute atomic E-state index is 0.0356. The number of rotatable bonds is 2. The molecule has 1 aromatic carbocycles. The maximum atomic E-state index is 11.2. The van der Waals surface area contributed by atoms with E-state index in [0.717, 1.165) is 5.56 Å². The molecule has 1 atom stereocenters. The normalized spacial score (nSPS) is 19.2. The van der Waals surface area contributed by atoms with Crippen LogP contribution in [0.5, 0.6) is 5.75 Å². The molecule has 0 radical (unpaired) electrons. The highest BCUT2D eigenvalue weighted by molar-refractivity contribution is 5.78. The molecule has 1 heterocycles. The Labute approximate surface area is 86.5 Å². The molecule has 0 aliphatic carbocycles. The fraction of sp³-hybridized carbons (Fsp3) is 0.273. The van der Waals surface area contributed by atoms with Gasteiger partial charge in [0.05, 0.1) is 12.8 Å². The summed E-state index contributed by atoms with van der Waals surface area (Å²) in [5.74, 6) is -1.04. The number of hydrogen-bond donors (Lipinski definition) is 1. The Morgan fingerprint density at radius 1 is 1.47 bits per heavy atom. The zero-order valence-electron chi connectivity index (χ0n) is 7.97. The summed E-state index contributed by atoms with van der Waals surface area (Å²) >= 11 is 0. The summed E-state index contributed by atoms with van der Waals surface area (Å²) in [5, 5.41) is 8.73. The van der Waals surface area contributed by atoms with Crippen LogP contribution >= 0.6 is 0 Å². The summed E-state index contributed by atoms with van der Waals surface area (Å²) in [5.41, 5.74) is 0.805. The predicted octanol–water partition coefficient (Wildman–Crippen LogP) is 1.55. The lowest BCUT2D eigenvalue weighted by molar-refractivity contribution is -0.139. The number of carboxylic acids is 1. The van der Waals surface area contributed by atoms with Crippen LogP contribution in [-0.4, -0.2) is 17.0 Å². The Balaban J connectivity index is 2.33. The van der Waals surface area contributed by atoms with Crippen LogP contribution in [0.25, 0.3) is 0 Å². The first-order valence-corrected chi connectivity index (χ1v) is 4.68. The fourth-order valence-electron chi connectivity index (χ4n) is 1.78. The van der Waals surface area contributed by atoms with E-state index in [1.54, 1.807) is 18.2 Å². The van der Waals surface area contributed by atoms with E-state index in [4.69, 9.17) is 9.84 Å². The van der Waals surface area contributed by atoms with Crippen molar-refractivity contribution in [3.63, 3.8) is 0 Å². The number of esters is 1. The molecule has 0 fully saturated rings. The third kappa shape index (κ3) is 1.98. The second-order valence-electron chi connectivity index (χ2n) is 3.51. The molecule has 2 rings (SSSR count). The van der Waals surface area contributed by atoms with Crippen molar-refractivity contribution in [2.24, 2.45) is 0 Å². The van der Waals surface area contributed by atoms with E-state index in [1.165, 1.54) is 0 Å². The highest BCUT2D eigenvalue weighted by atomic mass is 16.5. The van der Waals surface area contributed by atoms with Gasteiger partial charge in [-0.25, -0.2) is 0 Å². The van der Waals surface area contributed by atoms with Crippen LogP contribution in [0.3, 0.4) is 0 Å². The lowest BCUT2D eigenvalue weighted by Crippen LogP contribution is -2.21. The highest BCUT2D eigenvalue weighted by Crippen LogP contribution is 2.35. The number of carbonyl (C=O) groups excluding carboxylic acids is 1.